The third-order valence-corrected chi connectivity index (χ3v) is 5.28. The Morgan fingerprint density at radius 3 is 2.62 bits per heavy atom. The summed E-state index contributed by atoms with van der Waals surface area (Å²) in [5, 5.41) is 13.7. The SMILES string of the molecule is CCCN(C1CNC1)S(=O)(=O)c1ccc(F)c([N+](=O)[O-])c1. The number of halogens is 1. The van der Waals surface area contributed by atoms with Crippen molar-refractivity contribution in [3.8, 4) is 0 Å². The predicted octanol–water partition coefficient (Wildman–Crippen LogP) is 1.11. The first kappa shape index (κ1) is 15.8. The Morgan fingerprint density at radius 2 is 2.14 bits per heavy atom. The van der Waals surface area contributed by atoms with Crippen LogP contribution in [0.15, 0.2) is 23.1 Å². The fraction of sp³-hybridized carbons (Fsp3) is 0.500. The topological polar surface area (TPSA) is 92.6 Å². The van der Waals surface area contributed by atoms with Gasteiger partial charge in [-0.1, -0.05) is 6.92 Å². The van der Waals surface area contributed by atoms with Crippen molar-refractivity contribution in [2.24, 2.45) is 0 Å². The Balaban J connectivity index is 2.41. The zero-order chi connectivity index (χ0) is 15.6. The summed E-state index contributed by atoms with van der Waals surface area (Å²) in [6, 6.07) is 2.49. The van der Waals surface area contributed by atoms with E-state index in [1.54, 1.807) is 0 Å². The number of nitrogens with zero attached hydrogens (tertiary/aromatic N) is 2. The van der Waals surface area contributed by atoms with Crippen LogP contribution in [0.2, 0.25) is 0 Å². The average Bonchev–Trinajstić information content (AvgIpc) is 2.36. The normalized spacial score (nSPS) is 16.0. The molecule has 0 aliphatic carbocycles. The van der Waals surface area contributed by atoms with Crippen molar-refractivity contribution in [3.63, 3.8) is 0 Å². The van der Waals surface area contributed by atoms with Crippen LogP contribution in [0, 0.1) is 15.9 Å². The Bertz CT molecular complexity index is 646. The van der Waals surface area contributed by atoms with E-state index in [9.17, 15) is 22.9 Å². The summed E-state index contributed by atoms with van der Waals surface area (Å²) in [6.45, 7) is 3.26. The van der Waals surface area contributed by atoms with Gasteiger partial charge in [-0.05, 0) is 18.6 Å². The Hall–Kier alpha value is -1.58. The number of sulfonamides is 1. The van der Waals surface area contributed by atoms with Gasteiger partial charge < -0.3 is 5.32 Å². The lowest BCUT2D eigenvalue weighted by molar-refractivity contribution is -0.387. The van der Waals surface area contributed by atoms with Gasteiger partial charge in [-0.2, -0.15) is 8.70 Å². The van der Waals surface area contributed by atoms with E-state index in [2.05, 4.69) is 5.32 Å². The summed E-state index contributed by atoms with van der Waals surface area (Å²) < 4.78 is 39.8. The van der Waals surface area contributed by atoms with Gasteiger partial charge in [0, 0.05) is 25.7 Å². The molecule has 1 aliphatic heterocycles. The second kappa shape index (κ2) is 6.04. The number of benzene rings is 1. The maximum Gasteiger partial charge on any atom is 0.306 e. The minimum Gasteiger partial charge on any atom is -0.313 e. The standard InChI is InChI=1S/C12H16FN3O4S/c1-2-5-15(9-7-14-8-9)21(19,20)10-3-4-11(13)12(6-10)16(17)18/h3-4,6,9,14H,2,5,7-8H2,1H3. The molecular weight excluding hydrogens is 301 g/mol. The highest BCUT2D eigenvalue weighted by molar-refractivity contribution is 7.89. The molecule has 1 fully saturated rings. The summed E-state index contributed by atoms with van der Waals surface area (Å²) in [5.41, 5.74) is -0.834. The first-order valence-corrected chi connectivity index (χ1v) is 7.98. The van der Waals surface area contributed by atoms with E-state index in [1.807, 2.05) is 6.92 Å². The van der Waals surface area contributed by atoms with Crippen LogP contribution in [0.1, 0.15) is 13.3 Å². The van der Waals surface area contributed by atoms with Gasteiger partial charge in [0.15, 0.2) is 0 Å². The van der Waals surface area contributed by atoms with Crippen molar-refractivity contribution in [2.75, 3.05) is 19.6 Å². The summed E-state index contributed by atoms with van der Waals surface area (Å²) in [6.07, 6.45) is 0.624. The molecule has 0 radical (unpaired) electrons. The fourth-order valence-corrected chi connectivity index (χ4v) is 3.86. The van der Waals surface area contributed by atoms with E-state index in [1.165, 1.54) is 4.31 Å². The zero-order valence-corrected chi connectivity index (χ0v) is 12.3. The number of nitro benzene ring substituents is 1. The van der Waals surface area contributed by atoms with Gasteiger partial charge in [0.25, 0.3) is 0 Å². The number of hydrogen-bond donors (Lipinski definition) is 1. The summed E-state index contributed by atoms with van der Waals surface area (Å²) in [4.78, 5) is 9.56. The molecule has 0 spiro atoms. The lowest BCUT2D eigenvalue weighted by Crippen LogP contribution is -2.58. The van der Waals surface area contributed by atoms with E-state index in [0.29, 0.717) is 26.1 Å². The van der Waals surface area contributed by atoms with Crippen LogP contribution < -0.4 is 5.32 Å². The third kappa shape index (κ3) is 3.04. The second-order valence-electron chi connectivity index (χ2n) is 4.80. The van der Waals surface area contributed by atoms with Gasteiger partial charge in [0.2, 0.25) is 15.8 Å². The molecule has 0 amide bonds. The van der Waals surface area contributed by atoms with Crippen LogP contribution in [0.5, 0.6) is 0 Å². The molecule has 0 bridgehead atoms. The van der Waals surface area contributed by atoms with Crippen LogP contribution in [-0.2, 0) is 10.0 Å². The summed E-state index contributed by atoms with van der Waals surface area (Å²) in [5.74, 6) is -1.05. The van der Waals surface area contributed by atoms with Gasteiger partial charge in [0.1, 0.15) is 0 Å². The Kier molecular flexibility index (Phi) is 4.55. The molecule has 2 rings (SSSR count). The molecule has 9 heteroatoms. The smallest absolute Gasteiger partial charge is 0.306 e. The number of nitrogens with one attached hydrogen (secondary N) is 1. The molecule has 1 heterocycles. The van der Waals surface area contributed by atoms with Crippen molar-refractivity contribution in [1.82, 2.24) is 9.62 Å². The highest BCUT2D eigenvalue weighted by Gasteiger charge is 2.35. The molecule has 0 unspecified atom stereocenters. The third-order valence-electron chi connectivity index (χ3n) is 3.33. The van der Waals surface area contributed by atoms with Crippen molar-refractivity contribution in [3.05, 3.63) is 34.1 Å². The van der Waals surface area contributed by atoms with Crippen LogP contribution in [0.3, 0.4) is 0 Å². The minimum atomic E-state index is -3.87. The van der Waals surface area contributed by atoms with E-state index in [4.69, 9.17) is 0 Å². The lowest BCUT2D eigenvalue weighted by atomic mass is 10.2. The highest BCUT2D eigenvalue weighted by Crippen LogP contribution is 2.26. The maximum absolute atomic E-state index is 13.3. The largest absolute Gasteiger partial charge is 0.313 e. The van der Waals surface area contributed by atoms with Crippen molar-refractivity contribution in [2.45, 2.75) is 24.3 Å². The molecule has 1 saturated heterocycles. The first-order valence-electron chi connectivity index (χ1n) is 6.54. The molecule has 116 valence electrons. The highest BCUT2D eigenvalue weighted by atomic mass is 32.2. The number of hydrogen-bond acceptors (Lipinski definition) is 5. The van der Waals surface area contributed by atoms with Crippen molar-refractivity contribution in [1.29, 1.82) is 0 Å². The molecule has 0 aromatic heterocycles. The second-order valence-corrected chi connectivity index (χ2v) is 6.69. The molecule has 1 aromatic rings. The minimum absolute atomic E-state index is 0.168. The van der Waals surface area contributed by atoms with E-state index in [0.717, 1.165) is 18.2 Å². The Morgan fingerprint density at radius 1 is 1.48 bits per heavy atom. The van der Waals surface area contributed by atoms with Crippen LogP contribution in [-0.4, -0.2) is 43.3 Å². The number of rotatable bonds is 6. The van der Waals surface area contributed by atoms with Gasteiger partial charge >= 0.3 is 5.69 Å². The van der Waals surface area contributed by atoms with E-state index < -0.39 is 26.5 Å². The first-order chi connectivity index (χ1) is 9.87. The quantitative estimate of drug-likeness (QED) is 0.626. The van der Waals surface area contributed by atoms with Gasteiger partial charge in [-0.25, -0.2) is 8.42 Å². The monoisotopic (exact) mass is 317 g/mol. The zero-order valence-electron chi connectivity index (χ0n) is 11.5. The lowest BCUT2D eigenvalue weighted by Gasteiger charge is -2.37. The summed E-state index contributed by atoms with van der Waals surface area (Å²) in [7, 11) is -3.87. The van der Waals surface area contributed by atoms with Gasteiger partial charge in [0.05, 0.1) is 15.9 Å². The van der Waals surface area contributed by atoms with Crippen molar-refractivity contribution < 1.29 is 17.7 Å². The van der Waals surface area contributed by atoms with Crippen LogP contribution in [0.4, 0.5) is 10.1 Å². The summed E-state index contributed by atoms with van der Waals surface area (Å²) >= 11 is 0. The Labute approximate surface area is 122 Å². The maximum atomic E-state index is 13.3. The molecule has 21 heavy (non-hydrogen) atoms. The molecule has 0 saturated carbocycles. The molecule has 7 nitrogen and oxygen atoms in total. The number of nitro groups is 1. The van der Waals surface area contributed by atoms with Gasteiger partial charge in [-0.15, -0.1) is 0 Å². The van der Waals surface area contributed by atoms with E-state index >= 15 is 0 Å². The molecule has 1 aliphatic rings. The van der Waals surface area contributed by atoms with E-state index in [-0.39, 0.29) is 10.9 Å². The molecule has 1 aromatic carbocycles. The fourth-order valence-electron chi connectivity index (χ4n) is 2.12. The van der Waals surface area contributed by atoms with Crippen molar-refractivity contribution >= 4 is 15.7 Å². The van der Waals surface area contributed by atoms with Crippen LogP contribution >= 0.6 is 0 Å². The molecule has 1 N–H and O–H groups in total. The predicted molar refractivity (Wildman–Crippen MR) is 73.9 cm³/mol. The molecule has 0 atom stereocenters. The molecular formula is C12H16FN3O4S. The van der Waals surface area contributed by atoms with Crippen LogP contribution in [0.25, 0.3) is 0 Å². The van der Waals surface area contributed by atoms with Gasteiger partial charge in [-0.3, -0.25) is 10.1 Å². The average molecular weight is 317 g/mol.